The average molecular weight is 1630 g/mol. The van der Waals surface area contributed by atoms with E-state index in [4.69, 9.17) is 39.4 Å². The number of aromatic nitrogens is 6. The summed E-state index contributed by atoms with van der Waals surface area (Å²) in [5, 5.41) is 5.74. The summed E-state index contributed by atoms with van der Waals surface area (Å²) in [6.45, 7) is 0. The van der Waals surface area contributed by atoms with Crippen molar-refractivity contribution >= 4 is 43.4 Å². The molecule has 2 aliphatic heterocycles. The first kappa shape index (κ1) is 72.7. The van der Waals surface area contributed by atoms with Gasteiger partial charge in [-0.3, -0.25) is 0 Å². The number of hydrogen-bond acceptors (Lipinski definition) is 8. The van der Waals surface area contributed by atoms with E-state index in [1.165, 1.54) is 22.3 Å². The Kier molecular flexibility index (Phi) is 16.4. The molecule has 594 valence electrons. The molecular formula is C120H72N6O2. The van der Waals surface area contributed by atoms with Crippen LogP contribution in [-0.4, -0.2) is 29.9 Å². The van der Waals surface area contributed by atoms with Crippen molar-refractivity contribution in [3.8, 4) is 169 Å². The maximum Gasteiger partial charge on any atom is 0.160 e. The Morgan fingerprint density at radius 2 is 0.508 bits per heavy atom. The number of benzene rings is 18. The van der Waals surface area contributed by atoms with Crippen molar-refractivity contribution in [3.63, 3.8) is 0 Å². The van der Waals surface area contributed by atoms with Crippen LogP contribution in [0.1, 0.15) is 44.5 Å². The molecule has 4 aromatic heterocycles. The van der Waals surface area contributed by atoms with Gasteiger partial charge in [0.15, 0.2) is 11.6 Å². The lowest BCUT2D eigenvalue weighted by molar-refractivity contribution is 0.442. The summed E-state index contributed by atoms with van der Waals surface area (Å²) in [6.07, 6.45) is 0. The smallest absolute Gasteiger partial charge is 0.160 e. The first-order valence-corrected chi connectivity index (χ1v) is 43.6. The SMILES string of the molecule is c1ccc(-c2ccc(-c3cc(-c4ccc5nc(-c6ccccc6)c6ccc7c(c6c5c4)Oc4ccccc4C74c5ccccc5-c5ccc(-c6ccc(-c7ccccc7)cc6-c6cc(-c7ccc8nc(-c9ccccc9)c9ccc%10c(c9c8c7)Oc7ccccc7C%107c8ccccc8-c8ccccc87)nc(-c7ccccc7)n6)cc54)nc(-c4ccccc4)n3)cc2)cc1. The topological polar surface area (TPSA) is 95.8 Å². The molecular weight excluding hydrogens is 1560 g/mol. The molecule has 18 aromatic carbocycles. The van der Waals surface area contributed by atoms with E-state index in [1.807, 2.05) is 24.3 Å². The van der Waals surface area contributed by atoms with E-state index in [-0.39, 0.29) is 0 Å². The van der Waals surface area contributed by atoms with Gasteiger partial charge in [0.2, 0.25) is 0 Å². The number of rotatable bonds is 11. The summed E-state index contributed by atoms with van der Waals surface area (Å²) >= 11 is 0. The Labute approximate surface area is 738 Å². The molecule has 26 rings (SSSR count). The molecule has 1 unspecified atom stereocenters. The van der Waals surface area contributed by atoms with Crippen LogP contribution in [0.5, 0.6) is 23.0 Å². The minimum Gasteiger partial charge on any atom is -0.456 e. The lowest BCUT2D eigenvalue weighted by Gasteiger charge is -2.40. The van der Waals surface area contributed by atoms with E-state index in [1.54, 1.807) is 0 Å². The Balaban J connectivity index is 0.682. The van der Waals surface area contributed by atoms with Gasteiger partial charge in [0.05, 0.1) is 56.0 Å². The third kappa shape index (κ3) is 11.1. The molecule has 8 heteroatoms. The zero-order chi connectivity index (χ0) is 84.1. The van der Waals surface area contributed by atoms with Gasteiger partial charge >= 0.3 is 0 Å². The van der Waals surface area contributed by atoms with E-state index in [0.717, 1.165) is 223 Å². The first-order chi connectivity index (χ1) is 63.4. The summed E-state index contributed by atoms with van der Waals surface area (Å²) in [4.78, 5) is 33.5. The quantitative estimate of drug-likeness (QED) is 0.118. The second kappa shape index (κ2) is 28.8. The Hall–Kier alpha value is -16.9. The largest absolute Gasteiger partial charge is 0.456 e. The molecule has 128 heavy (non-hydrogen) atoms. The molecule has 2 aliphatic carbocycles. The highest BCUT2D eigenvalue weighted by atomic mass is 16.5. The molecule has 0 bridgehead atoms. The van der Waals surface area contributed by atoms with E-state index < -0.39 is 10.8 Å². The van der Waals surface area contributed by atoms with Crippen LogP contribution in [0.3, 0.4) is 0 Å². The molecule has 0 saturated carbocycles. The monoisotopic (exact) mass is 1630 g/mol. The van der Waals surface area contributed by atoms with Gasteiger partial charge in [0.25, 0.3) is 0 Å². The van der Waals surface area contributed by atoms with Gasteiger partial charge < -0.3 is 9.47 Å². The molecule has 1 atom stereocenters. The fourth-order valence-electron chi connectivity index (χ4n) is 21.2. The van der Waals surface area contributed by atoms with E-state index in [9.17, 15) is 0 Å². The number of fused-ring (bicyclic) bond motifs is 26. The third-order valence-electron chi connectivity index (χ3n) is 26.8. The van der Waals surface area contributed by atoms with E-state index in [0.29, 0.717) is 11.6 Å². The van der Waals surface area contributed by atoms with Crippen LogP contribution in [-0.2, 0) is 10.8 Å². The normalized spacial score (nSPS) is 13.8. The van der Waals surface area contributed by atoms with Gasteiger partial charge in [-0.25, -0.2) is 29.9 Å². The number of pyridine rings is 2. The van der Waals surface area contributed by atoms with E-state index in [2.05, 4.69) is 413 Å². The summed E-state index contributed by atoms with van der Waals surface area (Å²) in [7, 11) is 0. The van der Waals surface area contributed by atoms with Crippen molar-refractivity contribution in [1.29, 1.82) is 0 Å². The zero-order valence-corrected chi connectivity index (χ0v) is 69.1. The van der Waals surface area contributed by atoms with Crippen LogP contribution in [0.4, 0.5) is 0 Å². The maximum absolute atomic E-state index is 7.76. The number of hydrogen-bond donors (Lipinski definition) is 0. The summed E-state index contributed by atoms with van der Waals surface area (Å²) in [5.74, 6) is 4.37. The summed E-state index contributed by atoms with van der Waals surface area (Å²) in [6, 6.07) is 157. The lowest BCUT2D eigenvalue weighted by atomic mass is 9.65. The molecule has 22 aromatic rings. The first-order valence-electron chi connectivity index (χ1n) is 43.6. The predicted octanol–water partition coefficient (Wildman–Crippen LogP) is 29.9. The van der Waals surface area contributed by atoms with Crippen molar-refractivity contribution in [2.45, 2.75) is 10.8 Å². The van der Waals surface area contributed by atoms with Crippen molar-refractivity contribution in [1.82, 2.24) is 29.9 Å². The Morgan fingerprint density at radius 1 is 0.172 bits per heavy atom. The van der Waals surface area contributed by atoms with Crippen LogP contribution in [0, 0.1) is 0 Å². The van der Waals surface area contributed by atoms with Gasteiger partial charge in [-0.05, 0) is 139 Å². The Morgan fingerprint density at radius 3 is 0.984 bits per heavy atom. The highest BCUT2D eigenvalue weighted by Gasteiger charge is 2.54. The van der Waals surface area contributed by atoms with Crippen LogP contribution in [0.25, 0.3) is 189 Å². The van der Waals surface area contributed by atoms with Crippen molar-refractivity contribution in [2.75, 3.05) is 0 Å². The molecule has 0 N–H and O–H groups in total. The highest BCUT2D eigenvalue weighted by molar-refractivity contribution is 6.18. The molecule has 0 radical (unpaired) electrons. The number of nitrogens with zero attached hydrogens (tertiary/aromatic N) is 6. The van der Waals surface area contributed by atoms with Crippen LogP contribution >= 0.6 is 0 Å². The molecule has 0 saturated heterocycles. The van der Waals surface area contributed by atoms with Crippen LogP contribution < -0.4 is 9.47 Å². The van der Waals surface area contributed by atoms with Gasteiger partial charge in [-0.1, -0.05) is 376 Å². The number of ether oxygens (including phenoxy) is 2. The number of para-hydroxylation sites is 2. The standard InChI is InChI=1S/C120H72N6O2/c1-7-29-73(30-8-1)75-51-53-76(54-52-75)105-71-106(124-117(123-105)79-37-15-5-16-38-79)83-57-65-103-93(68-83)112-91(114(121-103)78-35-13-4-14-36-78)62-64-101-116(112)128-110-50-28-26-48-99(110)120(101)97-46-24-21-43-88(97)89-60-56-82(70-102(89)120)85-59-55-81(74-31-9-2-10-32-74)67-92(85)108-72-107(125-118(126-108)80-39-17-6-18-40-80)84-58-66-104-94(69-84)111-90(113(122-104)77-33-11-3-12-34-77)61-63-100-115(111)127-109-49-27-25-47-98(109)119(100)95-44-22-19-41-86(95)87-42-20-23-45-96(87)119/h1-72H. The maximum atomic E-state index is 7.76. The second-order valence-corrected chi connectivity index (χ2v) is 33.7. The van der Waals surface area contributed by atoms with Gasteiger partial charge in [-0.15, -0.1) is 0 Å². The summed E-state index contributed by atoms with van der Waals surface area (Å²) in [5.41, 5.74) is 32.6. The van der Waals surface area contributed by atoms with Gasteiger partial charge in [-0.2, -0.15) is 0 Å². The highest BCUT2D eigenvalue weighted by Crippen LogP contribution is 2.67. The summed E-state index contributed by atoms with van der Waals surface area (Å²) < 4.78 is 15.3. The fraction of sp³-hybridized carbons (Fsp3) is 0.0167. The van der Waals surface area contributed by atoms with Gasteiger partial charge in [0, 0.05) is 99.1 Å². The average Bonchev–Trinajstić information content (AvgIpc) is 1.48. The molecule has 2 spiro atoms. The Bertz CT molecular complexity index is 8310. The molecule has 8 nitrogen and oxygen atoms in total. The predicted molar refractivity (Wildman–Crippen MR) is 518 cm³/mol. The molecule has 6 heterocycles. The third-order valence-corrected chi connectivity index (χ3v) is 26.8. The molecule has 0 amide bonds. The van der Waals surface area contributed by atoms with Gasteiger partial charge in [0.1, 0.15) is 23.0 Å². The van der Waals surface area contributed by atoms with Crippen molar-refractivity contribution in [3.05, 3.63) is 481 Å². The minimum atomic E-state index is -0.924. The lowest BCUT2D eigenvalue weighted by Crippen LogP contribution is -2.32. The van der Waals surface area contributed by atoms with E-state index >= 15 is 0 Å². The van der Waals surface area contributed by atoms with Crippen LogP contribution in [0.15, 0.2) is 437 Å². The van der Waals surface area contributed by atoms with Crippen molar-refractivity contribution in [2.24, 2.45) is 0 Å². The molecule has 0 fully saturated rings. The van der Waals surface area contributed by atoms with Crippen LogP contribution in [0.2, 0.25) is 0 Å². The zero-order valence-electron chi connectivity index (χ0n) is 69.1. The van der Waals surface area contributed by atoms with Crippen molar-refractivity contribution < 1.29 is 9.47 Å². The fourth-order valence-corrected chi connectivity index (χ4v) is 21.2. The molecule has 4 aliphatic rings. The second-order valence-electron chi connectivity index (χ2n) is 33.7. The minimum absolute atomic E-state index is 0.592.